The van der Waals surface area contributed by atoms with E-state index in [0.717, 1.165) is 55.9 Å². The lowest BCUT2D eigenvalue weighted by Crippen LogP contribution is -2.10. The van der Waals surface area contributed by atoms with Crippen LogP contribution in [0.15, 0.2) is 217 Å². The summed E-state index contributed by atoms with van der Waals surface area (Å²) in [5.41, 5.74) is 12.1. The molecule has 10 rings (SSSR count). The number of hydrogen-bond acceptors (Lipinski definition) is 2. The highest BCUT2D eigenvalue weighted by Crippen LogP contribution is 2.48. The molecule has 0 saturated heterocycles. The molecule has 1 aromatic heterocycles. The molecule has 0 aliphatic carbocycles. The van der Waals surface area contributed by atoms with Crippen LogP contribution in [0.4, 0.5) is 17.1 Å². The fourth-order valence-corrected chi connectivity index (χ4v) is 7.91. The van der Waals surface area contributed by atoms with Crippen LogP contribution in [0.5, 0.6) is 0 Å². The highest BCUT2D eigenvalue weighted by atomic mass is 16.3. The Hall–Kier alpha value is -7.16. The molecule has 0 saturated carbocycles. The van der Waals surface area contributed by atoms with Crippen LogP contribution in [0.3, 0.4) is 0 Å². The minimum atomic E-state index is 0.871. The molecule has 0 fully saturated rings. The minimum Gasteiger partial charge on any atom is -0.455 e. The van der Waals surface area contributed by atoms with E-state index in [2.05, 4.69) is 217 Å². The largest absolute Gasteiger partial charge is 0.455 e. The third-order valence-corrected chi connectivity index (χ3v) is 10.5. The van der Waals surface area contributed by atoms with Crippen molar-refractivity contribution in [1.29, 1.82) is 0 Å². The fraction of sp³-hybridized carbons (Fsp3) is 0. The lowest BCUT2D eigenvalue weighted by Gasteiger charge is -2.26. The van der Waals surface area contributed by atoms with Crippen LogP contribution in [-0.4, -0.2) is 0 Å². The van der Waals surface area contributed by atoms with E-state index >= 15 is 0 Å². The number of fused-ring (bicyclic) bond motifs is 6. The van der Waals surface area contributed by atoms with Gasteiger partial charge in [0.15, 0.2) is 0 Å². The summed E-state index contributed by atoms with van der Waals surface area (Å²) < 4.78 is 7.03. The molecule has 254 valence electrons. The summed E-state index contributed by atoms with van der Waals surface area (Å²) in [6, 6.07) is 75.6. The van der Waals surface area contributed by atoms with Crippen LogP contribution >= 0.6 is 0 Å². The van der Waals surface area contributed by atoms with E-state index in [0.29, 0.717) is 0 Å². The molecule has 0 spiro atoms. The van der Waals surface area contributed by atoms with E-state index in [1.165, 1.54) is 38.4 Å². The van der Waals surface area contributed by atoms with Gasteiger partial charge in [-0.3, -0.25) is 0 Å². The van der Waals surface area contributed by atoms with Crippen molar-refractivity contribution in [1.82, 2.24) is 0 Å². The van der Waals surface area contributed by atoms with Gasteiger partial charge in [-0.25, -0.2) is 0 Å². The van der Waals surface area contributed by atoms with E-state index < -0.39 is 0 Å². The van der Waals surface area contributed by atoms with Gasteiger partial charge in [0.05, 0.1) is 0 Å². The molecular weight excluding hydrogens is 655 g/mol. The molecule has 0 aliphatic rings. The zero-order valence-corrected chi connectivity index (χ0v) is 29.6. The van der Waals surface area contributed by atoms with Crippen LogP contribution in [0.2, 0.25) is 0 Å². The van der Waals surface area contributed by atoms with E-state index in [1.54, 1.807) is 0 Å². The Bertz CT molecular complexity index is 2810. The Morgan fingerprint density at radius 2 is 0.722 bits per heavy atom. The molecule has 9 aromatic carbocycles. The number of furan rings is 1. The Balaban J connectivity index is 1.19. The molecule has 2 nitrogen and oxygen atoms in total. The van der Waals surface area contributed by atoms with Crippen molar-refractivity contribution >= 4 is 49.6 Å². The minimum absolute atomic E-state index is 0.871. The monoisotopic (exact) mass is 689 g/mol. The van der Waals surface area contributed by atoms with Gasteiger partial charge < -0.3 is 9.32 Å². The van der Waals surface area contributed by atoms with Crippen LogP contribution < -0.4 is 4.90 Å². The Labute approximate surface area is 314 Å². The topological polar surface area (TPSA) is 16.4 Å². The maximum absolute atomic E-state index is 7.03. The van der Waals surface area contributed by atoms with Crippen molar-refractivity contribution < 1.29 is 4.42 Å². The average molecular weight is 690 g/mol. The summed E-state index contributed by atoms with van der Waals surface area (Å²) in [5.74, 6) is 0.871. The highest BCUT2D eigenvalue weighted by molar-refractivity contribution is 6.28. The fourth-order valence-electron chi connectivity index (χ4n) is 7.91. The summed E-state index contributed by atoms with van der Waals surface area (Å²) >= 11 is 0. The molecule has 0 N–H and O–H groups in total. The summed E-state index contributed by atoms with van der Waals surface area (Å²) in [7, 11) is 0. The second-order valence-corrected chi connectivity index (χ2v) is 13.7. The van der Waals surface area contributed by atoms with E-state index in [4.69, 9.17) is 4.42 Å². The lowest BCUT2D eigenvalue weighted by atomic mass is 9.92. The predicted octanol–water partition coefficient (Wildman–Crippen LogP) is 14.9. The summed E-state index contributed by atoms with van der Waals surface area (Å²) in [5, 5.41) is 5.84. The van der Waals surface area contributed by atoms with Crippen molar-refractivity contribution in [3.05, 3.63) is 212 Å². The SMILES string of the molecule is c1ccc(-c2ccc(N(c3ccc(-c4ccccc4)cc3)c3cccc(-c4c(-c5ccccc5)oc5c6ccccc6c6ccccc6c45)c3)cc2)cc1. The van der Waals surface area contributed by atoms with Gasteiger partial charge in [0.25, 0.3) is 0 Å². The number of benzene rings is 9. The van der Waals surface area contributed by atoms with Gasteiger partial charge in [0, 0.05) is 39.0 Å². The number of nitrogens with zero attached hydrogens (tertiary/aromatic N) is 1. The zero-order chi connectivity index (χ0) is 35.8. The first-order valence-electron chi connectivity index (χ1n) is 18.4. The van der Waals surface area contributed by atoms with Crippen LogP contribution in [-0.2, 0) is 0 Å². The molecule has 0 amide bonds. The van der Waals surface area contributed by atoms with Gasteiger partial charge >= 0.3 is 0 Å². The average Bonchev–Trinajstić information content (AvgIpc) is 3.67. The van der Waals surface area contributed by atoms with Crippen LogP contribution in [0.25, 0.3) is 77.2 Å². The Kier molecular flexibility index (Phi) is 7.85. The summed E-state index contributed by atoms with van der Waals surface area (Å²) in [6.07, 6.45) is 0. The highest BCUT2D eigenvalue weighted by Gasteiger charge is 2.23. The van der Waals surface area contributed by atoms with Gasteiger partial charge in [0.2, 0.25) is 0 Å². The Morgan fingerprint density at radius 1 is 0.296 bits per heavy atom. The molecule has 54 heavy (non-hydrogen) atoms. The first-order valence-corrected chi connectivity index (χ1v) is 18.4. The lowest BCUT2D eigenvalue weighted by molar-refractivity contribution is 0.636. The molecule has 0 radical (unpaired) electrons. The van der Waals surface area contributed by atoms with Gasteiger partial charge in [-0.1, -0.05) is 176 Å². The van der Waals surface area contributed by atoms with E-state index in [1.807, 2.05) is 0 Å². The van der Waals surface area contributed by atoms with Gasteiger partial charge in [-0.2, -0.15) is 0 Å². The maximum Gasteiger partial charge on any atom is 0.143 e. The van der Waals surface area contributed by atoms with Crippen molar-refractivity contribution in [2.75, 3.05) is 4.90 Å². The Morgan fingerprint density at radius 3 is 1.28 bits per heavy atom. The standard InChI is InChI=1S/C52H35NO/c1-4-15-36(16-5-1)38-27-31-42(32-28-38)53(43-33-29-39(30-34-43)37-17-6-2-7-18-37)44-22-14-21-41(35-44)49-50-47-25-12-10-23-45(47)46-24-11-13-26-48(46)52(50)54-51(49)40-19-8-3-9-20-40/h1-35H. The molecule has 0 unspecified atom stereocenters. The molecule has 10 aromatic rings. The zero-order valence-electron chi connectivity index (χ0n) is 29.6. The first-order chi connectivity index (χ1) is 26.8. The summed E-state index contributed by atoms with van der Waals surface area (Å²) in [6.45, 7) is 0. The van der Waals surface area contributed by atoms with E-state index in [-0.39, 0.29) is 0 Å². The van der Waals surface area contributed by atoms with Crippen LogP contribution in [0.1, 0.15) is 0 Å². The quantitative estimate of drug-likeness (QED) is 0.155. The van der Waals surface area contributed by atoms with Gasteiger partial charge in [-0.15, -0.1) is 0 Å². The van der Waals surface area contributed by atoms with Crippen LogP contribution in [0, 0.1) is 0 Å². The van der Waals surface area contributed by atoms with Gasteiger partial charge in [0.1, 0.15) is 11.3 Å². The molecule has 0 bridgehead atoms. The molecule has 0 aliphatic heterocycles. The third kappa shape index (κ3) is 5.53. The maximum atomic E-state index is 7.03. The second-order valence-electron chi connectivity index (χ2n) is 13.7. The smallest absolute Gasteiger partial charge is 0.143 e. The number of anilines is 3. The van der Waals surface area contributed by atoms with Crippen molar-refractivity contribution in [2.24, 2.45) is 0 Å². The molecular formula is C52H35NO. The van der Waals surface area contributed by atoms with Gasteiger partial charge in [-0.05, 0) is 80.4 Å². The number of hydrogen-bond donors (Lipinski definition) is 0. The third-order valence-electron chi connectivity index (χ3n) is 10.5. The molecule has 2 heteroatoms. The second kappa shape index (κ2) is 13.4. The number of rotatable bonds is 7. The first kappa shape index (κ1) is 31.6. The normalized spacial score (nSPS) is 11.3. The predicted molar refractivity (Wildman–Crippen MR) is 228 cm³/mol. The van der Waals surface area contributed by atoms with Crippen molar-refractivity contribution in [3.63, 3.8) is 0 Å². The summed E-state index contributed by atoms with van der Waals surface area (Å²) in [4.78, 5) is 2.35. The van der Waals surface area contributed by atoms with Crippen molar-refractivity contribution in [2.45, 2.75) is 0 Å². The molecule has 0 atom stereocenters. The molecule has 1 heterocycles. The van der Waals surface area contributed by atoms with Crippen molar-refractivity contribution in [3.8, 4) is 44.7 Å². The van der Waals surface area contributed by atoms with E-state index in [9.17, 15) is 0 Å².